The van der Waals surface area contributed by atoms with E-state index >= 15 is 0 Å². The Morgan fingerprint density at radius 3 is 2.79 bits per heavy atom. The van der Waals surface area contributed by atoms with Gasteiger partial charge >= 0.3 is 0 Å². The maximum Gasteiger partial charge on any atom is 0.244 e. The molecule has 24 heavy (non-hydrogen) atoms. The normalized spacial score (nSPS) is 26.8. The average molecular weight is 325 g/mol. The number of carbonyl (C=O) groups excluding carboxylic acids is 1. The standard InChI is InChI=1S/C18H23N5O/c1-18-12-21(2)8-15(18)9-22(13-18)17(24)11-23-10-16(19-20-23)14-6-4-3-5-7-14/h3-7,10,15H,8-9,11-13H2,1-2H3/t15-,18+/m1/s1. The van der Waals surface area contributed by atoms with E-state index < -0.39 is 0 Å². The lowest BCUT2D eigenvalue weighted by Gasteiger charge is -2.23. The fourth-order valence-corrected chi connectivity index (χ4v) is 4.18. The van der Waals surface area contributed by atoms with Crippen molar-refractivity contribution in [1.29, 1.82) is 0 Å². The van der Waals surface area contributed by atoms with Crippen LogP contribution < -0.4 is 0 Å². The molecule has 0 spiro atoms. The lowest BCUT2D eigenvalue weighted by Crippen LogP contribution is -2.36. The van der Waals surface area contributed by atoms with Crippen LogP contribution in [0.5, 0.6) is 0 Å². The highest BCUT2D eigenvalue weighted by Crippen LogP contribution is 2.41. The van der Waals surface area contributed by atoms with Crippen molar-refractivity contribution >= 4 is 5.91 Å². The van der Waals surface area contributed by atoms with Gasteiger partial charge in [-0.1, -0.05) is 42.5 Å². The Bertz CT molecular complexity index is 743. The van der Waals surface area contributed by atoms with Crippen molar-refractivity contribution < 1.29 is 4.79 Å². The number of carbonyl (C=O) groups is 1. The van der Waals surface area contributed by atoms with Crippen LogP contribution in [0.3, 0.4) is 0 Å². The third-order valence-electron chi connectivity index (χ3n) is 5.40. The molecule has 1 amide bonds. The summed E-state index contributed by atoms with van der Waals surface area (Å²) in [6.07, 6.45) is 1.85. The van der Waals surface area contributed by atoms with Crippen LogP contribution in [-0.4, -0.2) is 63.9 Å². The van der Waals surface area contributed by atoms with Gasteiger partial charge in [0.1, 0.15) is 12.2 Å². The van der Waals surface area contributed by atoms with Gasteiger partial charge < -0.3 is 9.80 Å². The Morgan fingerprint density at radius 1 is 1.25 bits per heavy atom. The molecule has 0 radical (unpaired) electrons. The Morgan fingerprint density at radius 2 is 2.04 bits per heavy atom. The van der Waals surface area contributed by atoms with Gasteiger partial charge in [-0.25, -0.2) is 4.68 Å². The molecule has 3 heterocycles. The molecular formula is C18H23N5O. The number of nitrogens with zero attached hydrogens (tertiary/aromatic N) is 5. The van der Waals surface area contributed by atoms with Gasteiger partial charge in [0, 0.05) is 37.2 Å². The van der Waals surface area contributed by atoms with Crippen LogP contribution in [-0.2, 0) is 11.3 Å². The van der Waals surface area contributed by atoms with Crippen molar-refractivity contribution in [2.24, 2.45) is 11.3 Å². The number of hydrogen-bond acceptors (Lipinski definition) is 4. The maximum atomic E-state index is 12.6. The third kappa shape index (κ3) is 2.71. The maximum absolute atomic E-state index is 12.6. The summed E-state index contributed by atoms with van der Waals surface area (Å²) in [7, 11) is 2.16. The van der Waals surface area contributed by atoms with E-state index in [-0.39, 0.29) is 17.9 Å². The topological polar surface area (TPSA) is 54.3 Å². The van der Waals surface area contributed by atoms with Gasteiger partial charge in [-0.05, 0) is 13.0 Å². The zero-order valence-corrected chi connectivity index (χ0v) is 14.2. The second-order valence-corrected chi connectivity index (χ2v) is 7.49. The first-order valence-corrected chi connectivity index (χ1v) is 8.45. The molecule has 0 aliphatic carbocycles. The minimum absolute atomic E-state index is 0.137. The fraction of sp³-hybridized carbons (Fsp3) is 0.500. The first-order chi connectivity index (χ1) is 11.5. The predicted molar refractivity (Wildman–Crippen MR) is 91.1 cm³/mol. The largest absolute Gasteiger partial charge is 0.340 e. The first kappa shape index (κ1) is 15.3. The van der Waals surface area contributed by atoms with Crippen molar-refractivity contribution in [2.45, 2.75) is 13.5 Å². The van der Waals surface area contributed by atoms with Crippen molar-refractivity contribution in [1.82, 2.24) is 24.8 Å². The summed E-state index contributed by atoms with van der Waals surface area (Å²) in [4.78, 5) is 17.0. The number of aromatic nitrogens is 3. The van der Waals surface area contributed by atoms with E-state index in [2.05, 4.69) is 29.2 Å². The second-order valence-electron chi connectivity index (χ2n) is 7.49. The molecule has 6 nitrogen and oxygen atoms in total. The van der Waals surface area contributed by atoms with Gasteiger partial charge in [0.15, 0.2) is 0 Å². The van der Waals surface area contributed by atoms with E-state index in [0.29, 0.717) is 5.92 Å². The van der Waals surface area contributed by atoms with Gasteiger partial charge in [0.25, 0.3) is 0 Å². The molecule has 0 unspecified atom stereocenters. The molecule has 2 fully saturated rings. The average Bonchev–Trinajstić information content (AvgIpc) is 3.20. The molecule has 0 bridgehead atoms. The number of fused-ring (bicyclic) bond motifs is 1. The molecule has 2 aromatic rings. The number of rotatable bonds is 3. The van der Waals surface area contributed by atoms with Crippen molar-refractivity contribution in [3.8, 4) is 11.3 Å². The molecule has 1 aromatic carbocycles. The van der Waals surface area contributed by atoms with E-state index in [0.717, 1.165) is 37.4 Å². The predicted octanol–water partition coefficient (Wildman–Crippen LogP) is 1.36. The number of hydrogen-bond donors (Lipinski definition) is 0. The van der Waals surface area contributed by atoms with Gasteiger partial charge in [-0.15, -0.1) is 5.10 Å². The minimum atomic E-state index is 0.137. The third-order valence-corrected chi connectivity index (χ3v) is 5.40. The Labute approximate surface area is 142 Å². The summed E-state index contributed by atoms with van der Waals surface area (Å²) in [5.74, 6) is 0.722. The SMILES string of the molecule is CN1C[C@@H]2CN(C(=O)Cn3cc(-c4ccccc4)nn3)C[C@]2(C)C1. The quantitative estimate of drug-likeness (QED) is 0.855. The van der Waals surface area contributed by atoms with E-state index in [4.69, 9.17) is 0 Å². The smallest absolute Gasteiger partial charge is 0.244 e. The van der Waals surface area contributed by atoms with Gasteiger partial charge in [-0.2, -0.15) is 0 Å². The molecule has 2 aliphatic heterocycles. The summed E-state index contributed by atoms with van der Waals surface area (Å²) in [5.41, 5.74) is 2.06. The van der Waals surface area contributed by atoms with Crippen LogP contribution in [0.4, 0.5) is 0 Å². The van der Waals surface area contributed by atoms with Crippen molar-refractivity contribution in [3.05, 3.63) is 36.5 Å². The van der Waals surface area contributed by atoms with E-state index in [1.54, 1.807) is 4.68 Å². The van der Waals surface area contributed by atoms with Crippen molar-refractivity contribution in [3.63, 3.8) is 0 Å². The van der Waals surface area contributed by atoms with Crippen LogP contribution in [0.25, 0.3) is 11.3 Å². The monoisotopic (exact) mass is 325 g/mol. The zero-order chi connectivity index (χ0) is 16.7. The molecule has 4 rings (SSSR count). The fourth-order valence-electron chi connectivity index (χ4n) is 4.18. The molecule has 6 heteroatoms. The van der Waals surface area contributed by atoms with Gasteiger partial charge in [0.05, 0.1) is 6.20 Å². The number of likely N-dealkylation sites (tertiary alicyclic amines) is 2. The Kier molecular flexibility index (Phi) is 3.64. The van der Waals surface area contributed by atoms with Gasteiger partial charge in [-0.3, -0.25) is 4.79 Å². The molecule has 2 aliphatic rings. The molecule has 2 atom stereocenters. The van der Waals surface area contributed by atoms with Crippen LogP contribution in [0.2, 0.25) is 0 Å². The summed E-state index contributed by atoms with van der Waals surface area (Å²) in [6.45, 7) is 6.43. The van der Waals surface area contributed by atoms with E-state index in [1.807, 2.05) is 41.4 Å². The molecule has 1 aromatic heterocycles. The first-order valence-electron chi connectivity index (χ1n) is 8.45. The van der Waals surface area contributed by atoms with Crippen molar-refractivity contribution in [2.75, 3.05) is 33.2 Å². The van der Waals surface area contributed by atoms with E-state index in [9.17, 15) is 4.79 Å². The van der Waals surface area contributed by atoms with Crippen LogP contribution in [0.1, 0.15) is 6.92 Å². The number of amides is 1. The summed E-state index contributed by atoms with van der Waals surface area (Å²) < 4.78 is 1.65. The lowest BCUT2D eigenvalue weighted by molar-refractivity contribution is -0.131. The lowest BCUT2D eigenvalue weighted by atomic mass is 9.83. The molecule has 0 N–H and O–H groups in total. The van der Waals surface area contributed by atoms with Crippen LogP contribution in [0.15, 0.2) is 36.5 Å². The van der Waals surface area contributed by atoms with Gasteiger partial charge in [0.2, 0.25) is 5.91 Å². The van der Waals surface area contributed by atoms with E-state index in [1.165, 1.54) is 0 Å². The second kappa shape index (κ2) is 5.70. The Balaban J connectivity index is 1.42. The highest BCUT2D eigenvalue weighted by Gasteiger charge is 2.49. The summed E-state index contributed by atoms with van der Waals surface area (Å²) in [5, 5.41) is 8.30. The Hall–Kier alpha value is -2.21. The highest BCUT2D eigenvalue weighted by atomic mass is 16.2. The molecule has 126 valence electrons. The highest BCUT2D eigenvalue weighted by molar-refractivity contribution is 5.76. The van der Waals surface area contributed by atoms with Crippen LogP contribution >= 0.6 is 0 Å². The summed E-state index contributed by atoms with van der Waals surface area (Å²) >= 11 is 0. The molecule has 2 saturated heterocycles. The molecule has 0 saturated carbocycles. The number of benzene rings is 1. The minimum Gasteiger partial charge on any atom is -0.340 e. The van der Waals surface area contributed by atoms with Crippen LogP contribution in [0, 0.1) is 11.3 Å². The molecular weight excluding hydrogens is 302 g/mol. The zero-order valence-electron chi connectivity index (χ0n) is 14.2. The summed E-state index contributed by atoms with van der Waals surface area (Å²) in [6, 6.07) is 9.91.